The van der Waals surface area contributed by atoms with E-state index in [4.69, 9.17) is 18.0 Å². The SMILES string of the molecule is Cc1nnc(N(C)Cc2cccc(F)c2)c(C(N)=S)c1C. The molecule has 0 unspecified atom stereocenters. The van der Waals surface area contributed by atoms with E-state index in [1.54, 1.807) is 6.07 Å². The van der Waals surface area contributed by atoms with E-state index in [1.165, 1.54) is 12.1 Å². The molecule has 0 saturated heterocycles. The lowest BCUT2D eigenvalue weighted by Gasteiger charge is -2.22. The monoisotopic (exact) mass is 304 g/mol. The molecule has 2 aromatic rings. The zero-order chi connectivity index (χ0) is 15.6. The molecule has 0 saturated carbocycles. The molecule has 1 heterocycles. The molecule has 0 atom stereocenters. The summed E-state index contributed by atoms with van der Waals surface area (Å²) >= 11 is 5.12. The number of nitrogens with two attached hydrogens (primary N) is 1. The lowest BCUT2D eigenvalue weighted by molar-refractivity contribution is 0.625. The van der Waals surface area contributed by atoms with Gasteiger partial charge in [-0.3, -0.25) is 0 Å². The molecule has 0 radical (unpaired) electrons. The number of rotatable bonds is 4. The first-order chi connectivity index (χ1) is 9.90. The lowest BCUT2D eigenvalue weighted by atomic mass is 10.1. The van der Waals surface area contributed by atoms with Crippen molar-refractivity contribution in [1.82, 2.24) is 10.2 Å². The maximum Gasteiger partial charge on any atom is 0.161 e. The van der Waals surface area contributed by atoms with Crippen molar-refractivity contribution in [1.29, 1.82) is 0 Å². The number of halogens is 1. The highest BCUT2D eigenvalue weighted by Crippen LogP contribution is 2.22. The van der Waals surface area contributed by atoms with Gasteiger partial charge in [-0.05, 0) is 37.1 Å². The predicted octanol–water partition coefficient (Wildman–Crippen LogP) is 2.50. The summed E-state index contributed by atoms with van der Waals surface area (Å²) in [5.41, 5.74) is 9.08. The van der Waals surface area contributed by atoms with Gasteiger partial charge < -0.3 is 10.6 Å². The van der Waals surface area contributed by atoms with Gasteiger partial charge in [0.15, 0.2) is 5.82 Å². The van der Waals surface area contributed by atoms with Gasteiger partial charge in [0.25, 0.3) is 0 Å². The van der Waals surface area contributed by atoms with Gasteiger partial charge in [-0.1, -0.05) is 24.4 Å². The van der Waals surface area contributed by atoms with Crippen LogP contribution in [0.1, 0.15) is 22.4 Å². The fourth-order valence-corrected chi connectivity index (χ4v) is 2.39. The first kappa shape index (κ1) is 15.3. The largest absolute Gasteiger partial charge is 0.389 e. The van der Waals surface area contributed by atoms with Gasteiger partial charge in [-0.25, -0.2) is 4.39 Å². The Morgan fingerprint density at radius 3 is 2.67 bits per heavy atom. The third-order valence-electron chi connectivity index (χ3n) is 3.35. The summed E-state index contributed by atoms with van der Waals surface area (Å²) in [6.45, 7) is 4.27. The lowest BCUT2D eigenvalue weighted by Crippen LogP contribution is -2.25. The predicted molar refractivity (Wildman–Crippen MR) is 85.9 cm³/mol. The Morgan fingerprint density at radius 2 is 2.05 bits per heavy atom. The molecule has 2 rings (SSSR count). The van der Waals surface area contributed by atoms with Crippen LogP contribution in [-0.2, 0) is 6.54 Å². The van der Waals surface area contributed by atoms with E-state index in [-0.39, 0.29) is 10.8 Å². The van der Waals surface area contributed by atoms with E-state index in [9.17, 15) is 4.39 Å². The zero-order valence-electron chi connectivity index (χ0n) is 12.2. The van der Waals surface area contributed by atoms with E-state index in [0.29, 0.717) is 12.4 Å². The Balaban J connectivity index is 2.37. The molecule has 0 aliphatic heterocycles. The van der Waals surface area contributed by atoms with Crippen LogP contribution < -0.4 is 10.6 Å². The highest BCUT2D eigenvalue weighted by atomic mass is 32.1. The van der Waals surface area contributed by atoms with E-state index in [0.717, 1.165) is 22.4 Å². The van der Waals surface area contributed by atoms with Crippen molar-refractivity contribution in [3.8, 4) is 0 Å². The fraction of sp³-hybridized carbons (Fsp3) is 0.267. The maximum atomic E-state index is 13.3. The van der Waals surface area contributed by atoms with Crippen LogP contribution in [-0.4, -0.2) is 22.2 Å². The third-order valence-corrected chi connectivity index (χ3v) is 3.56. The number of anilines is 1. The number of nitrogens with zero attached hydrogens (tertiary/aromatic N) is 3. The first-order valence-electron chi connectivity index (χ1n) is 6.49. The van der Waals surface area contributed by atoms with Crippen LogP contribution in [0, 0.1) is 19.7 Å². The molecule has 1 aromatic heterocycles. The molecule has 0 spiro atoms. The van der Waals surface area contributed by atoms with Gasteiger partial charge in [-0.2, -0.15) is 5.10 Å². The van der Waals surface area contributed by atoms with Crippen molar-refractivity contribution < 1.29 is 4.39 Å². The Hall–Kier alpha value is -2.08. The average molecular weight is 304 g/mol. The minimum atomic E-state index is -0.262. The quantitative estimate of drug-likeness (QED) is 0.880. The first-order valence-corrected chi connectivity index (χ1v) is 6.90. The second-order valence-corrected chi connectivity index (χ2v) is 5.40. The number of aromatic nitrogens is 2. The Kier molecular flexibility index (Phi) is 4.47. The standard InChI is InChI=1S/C15H17FN4S/c1-9-10(2)18-19-15(13(9)14(17)21)20(3)8-11-5-4-6-12(16)7-11/h4-7H,8H2,1-3H3,(H2,17,21). The summed E-state index contributed by atoms with van der Waals surface area (Å²) in [6, 6.07) is 6.44. The van der Waals surface area contributed by atoms with Crippen LogP contribution in [0.15, 0.2) is 24.3 Å². The minimum Gasteiger partial charge on any atom is -0.389 e. The van der Waals surface area contributed by atoms with Crippen LogP contribution in [0.2, 0.25) is 0 Å². The molecule has 0 bridgehead atoms. The second kappa shape index (κ2) is 6.13. The van der Waals surface area contributed by atoms with Crippen molar-refractivity contribution in [3.63, 3.8) is 0 Å². The molecule has 2 N–H and O–H groups in total. The summed E-state index contributed by atoms with van der Waals surface area (Å²) in [5, 5.41) is 8.31. The van der Waals surface area contributed by atoms with Crippen molar-refractivity contribution in [2.45, 2.75) is 20.4 Å². The van der Waals surface area contributed by atoms with Gasteiger partial charge in [0.2, 0.25) is 0 Å². The van der Waals surface area contributed by atoms with Crippen LogP contribution in [0.3, 0.4) is 0 Å². The minimum absolute atomic E-state index is 0.262. The number of hydrogen-bond donors (Lipinski definition) is 1. The van der Waals surface area contributed by atoms with Crippen molar-refractivity contribution in [2.24, 2.45) is 5.73 Å². The normalized spacial score (nSPS) is 10.5. The van der Waals surface area contributed by atoms with Gasteiger partial charge in [-0.15, -0.1) is 5.10 Å². The van der Waals surface area contributed by atoms with Crippen molar-refractivity contribution in [3.05, 3.63) is 52.5 Å². The number of aryl methyl sites for hydroxylation is 1. The molecule has 0 fully saturated rings. The molecular formula is C15H17FN4S. The molecule has 21 heavy (non-hydrogen) atoms. The van der Waals surface area contributed by atoms with Gasteiger partial charge in [0.1, 0.15) is 10.8 Å². The summed E-state index contributed by atoms with van der Waals surface area (Å²) < 4.78 is 13.3. The van der Waals surface area contributed by atoms with Crippen molar-refractivity contribution in [2.75, 3.05) is 11.9 Å². The Morgan fingerprint density at radius 1 is 1.33 bits per heavy atom. The van der Waals surface area contributed by atoms with Crippen molar-refractivity contribution >= 4 is 23.0 Å². The second-order valence-electron chi connectivity index (χ2n) is 4.96. The molecular weight excluding hydrogens is 287 g/mol. The maximum absolute atomic E-state index is 13.3. The third kappa shape index (κ3) is 3.33. The highest BCUT2D eigenvalue weighted by molar-refractivity contribution is 7.80. The van der Waals surface area contributed by atoms with Gasteiger partial charge >= 0.3 is 0 Å². The van der Waals surface area contributed by atoms with Crippen LogP contribution in [0.25, 0.3) is 0 Å². The Bertz CT molecular complexity index is 687. The molecule has 110 valence electrons. The topological polar surface area (TPSA) is 55.0 Å². The summed E-state index contributed by atoms with van der Waals surface area (Å²) in [5.74, 6) is 0.344. The summed E-state index contributed by atoms with van der Waals surface area (Å²) in [6.07, 6.45) is 0. The molecule has 0 aliphatic carbocycles. The number of benzene rings is 1. The van der Waals surface area contributed by atoms with E-state index < -0.39 is 0 Å². The summed E-state index contributed by atoms with van der Waals surface area (Å²) in [7, 11) is 1.85. The Labute approximate surface area is 128 Å². The van der Waals surface area contributed by atoms with E-state index in [1.807, 2.05) is 31.9 Å². The van der Waals surface area contributed by atoms with E-state index >= 15 is 0 Å². The van der Waals surface area contributed by atoms with Crippen LogP contribution in [0.5, 0.6) is 0 Å². The number of thiocarbonyl (C=S) groups is 1. The smallest absolute Gasteiger partial charge is 0.161 e. The summed E-state index contributed by atoms with van der Waals surface area (Å²) in [4.78, 5) is 2.15. The molecule has 1 aromatic carbocycles. The van der Waals surface area contributed by atoms with Gasteiger partial charge in [0.05, 0.1) is 11.3 Å². The highest BCUT2D eigenvalue weighted by Gasteiger charge is 2.17. The molecule has 0 amide bonds. The van der Waals surface area contributed by atoms with Crippen LogP contribution in [0.4, 0.5) is 10.2 Å². The van der Waals surface area contributed by atoms with Gasteiger partial charge in [0, 0.05) is 13.6 Å². The average Bonchev–Trinajstić information content (AvgIpc) is 2.41. The molecule has 6 heteroatoms. The fourth-order valence-electron chi connectivity index (χ4n) is 2.14. The van der Waals surface area contributed by atoms with E-state index in [2.05, 4.69) is 10.2 Å². The number of hydrogen-bond acceptors (Lipinski definition) is 4. The van der Waals surface area contributed by atoms with Crippen LogP contribution >= 0.6 is 12.2 Å². The molecule has 4 nitrogen and oxygen atoms in total. The zero-order valence-corrected chi connectivity index (χ0v) is 13.0. The molecule has 0 aliphatic rings.